The molecule has 19 nitrogen and oxygen atoms in total. The van der Waals surface area contributed by atoms with Crippen molar-refractivity contribution in [1.29, 1.82) is 0 Å². The van der Waals surface area contributed by atoms with Crippen LogP contribution in [0, 0.1) is 11.8 Å². The van der Waals surface area contributed by atoms with E-state index in [-0.39, 0.29) is 35.9 Å². The van der Waals surface area contributed by atoms with E-state index in [0.717, 1.165) is 12.1 Å². The molecule has 2 aromatic rings. The summed E-state index contributed by atoms with van der Waals surface area (Å²) in [6.07, 6.45) is 0.612. The van der Waals surface area contributed by atoms with Crippen LogP contribution in [0.2, 0.25) is 0 Å². The van der Waals surface area contributed by atoms with Crippen LogP contribution in [0.15, 0.2) is 53.4 Å². The first-order valence-electron chi connectivity index (χ1n) is 19.6. The number of benzene rings is 2. The van der Waals surface area contributed by atoms with Crippen molar-refractivity contribution in [2.45, 2.75) is 101 Å². The Kier molecular flexibility index (Phi) is 17.6. The topological polar surface area (TPSA) is 295 Å². The minimum absolute atomic E-state index is 0.0156. The molecule has 0 unspecified atom stereocenters. The Labute approximate surface area is 350 Å². The summed E-state index contributed by atoms with van der Waals surface area (Å²) in [4.78, 5) is 94.5. The lowest BCUT2D eigenvalue weighted by Gasteiger charge is -2.38. The molecule has 0 aliphatic carbocycles. The number of carbonyl (C=O) groups excluding carboxylic acids is 6. The average Bonchev–Trinajstić information content (AvgIpc) is 3.65. The van der Waals surface area contributed by atoms with E-state index in [9.17, 15) is 47.1 Å². The van der Waals surface area contributed by atoms with Gasteiger partial charge in [0, 0.05) is 43.9 Å². The Hall–Kier alpha value is -5.60. The number of hydrogen-bond donors (Lipinski definition) is 6. The lowest BCUT2D eigenvalue weighted by Crippen LogP contribution is -2.62. The third-order valence-corrected chi connectivity index (χ3v) is 12.4. The highest BCUT2D eigenvalue weighted by atomic mass is 32.2. The third kappa shape index (κ3) is 12.2. The maximum Gasteiger partial charge on any atom is 0.322 e. The van der Waals surface area contributed by atoms with Crippen molar-refractivity contribution in [2.24, 2.45) is 29.0 Å². The molecule has 6 amide bonds. The largest absolute Gasteiger partial charge is 0.497 e. The molecule has 0 aromatic heterocycles. The van der Waals surface area contributed by atoms with Crippen molar-refractivity contribution in [1.82, 2.24) is 19.4 Å². The summed E-state index contributed by atoms with van der Waals surface area (Å²) in [5, 5.41) is 15.5. The molecular formula is C40H58N8O11S. The van der Waals surface area contributed by atoms with E-state index in [1.54, 1.807) is 37.8 Å². The highest BCUT2D eigenvalue weighted by Crippen LogP contribution is 2.28. The zero-order valence-corrected chi connectivity index (χ0v) is 35.6. The summed E-state index contributed by atoms with van der Waals surface area (Å²) in [6, 6.07) is 3.81. The number of aliphatic carboxylic acids is 1. The number of methoxy groups -OCH3 is 1. The number of primary amides is 2. The van der Waals surface area contributed by atoms with Crippen molar-refractivity contribution in [3.05, 3.63) is 54.1 Å². The predicted molar refractivity (Wildman–Crippen MR) is 220 cm³/mol. The smallest absolute Gasteiger partial charge is 0.322 e. The normalized spacial score (nSPS) is 16.6. The monoisotopic (exact) mass is 858 g/mol. The lowest BCUT2D eigenvalue weighted by atomic mass is 9.94. The van der Waals surface area contributed by atoms with Crippen LogP contribution in [0.5, 0.6) is 5.75 Å². The van der Waals surface area contributed by atoms with Gasteiger partial charge in [-0.15, -0.1) is 0 Å². The van der Waals surface area contributed by atoms with Gasteiger partial charge in [-0.25, -0.2) is 8.42 Å². The van der Waals surface area contributed by atoms with Gasteiger partial charge in [-0.2, -0.15) is 4.31 Å². The van der Waals surface area contributed by atoms with E-state index in [0.29, 0.717) is 35.9 Å². The van der Waals surface area contributed by atoms with Crippen LogP contribution in [0.1, 0.15) is 76.6 Å². The summed E-state index contributed by atoms with van der Waals surface area (Å²) < 4.78 is 34.2. The number of ether oxygens (including phenoxy) is 1. The maximum absolute atomic E-state index is 14.4. The van der Waals surface area contributed by atoms with E-state index in [2.05, 4.69) is 10.6 Å². The van der Waals surface area contributed by atoms with Gasteiger partial charge in [-0.05, 0) is 79.6 Å². The Morgan fingerprint density at radius 3 is 2.07 bits per heavy atom. The lowest BCUT2D eigenvalue weighted by molar-refractivity contribution is -0.149. The SMILES string of the molecule is CC[C@H](C)[C@@H](C(=O)N1CCC[C@H]1CC(N)=O)N(C)C(=O)[C@H](CC(C)C)NC(=O)[C@H](CN)N([C@H](CC(N)=O)C(=O)O)S(=O)(=O)c1ccc(NC(=O)c2ccc(OC)cc2)cc1. The summed E-state index contributed by atoms with van der Waals surface area (Å²) in [7, 11) is -2.12. The molecule has 20 heteroatoms. The zero-order chi connectivity index (χ0) is 45.1. The molecule has 330 valence electrons. The number of nitrogens with one attached hydrogen (secondary N) is 2. The van der Waals surface area contributed by atoms with E-state index in [4.69, 9.17) is 21.9 Å². The van der Waals surface area contributed by atoms with Crippen LogP contribution in [0.4, 0.5) is 5.69 Å². The number of carboxylic acids is 1. The molecule has 1 aliphatic heterocycles. The van der Waals surface area contributed by atoms with Gasteiger partial charge in [-0.3, -0.25) is 33.6 Å². The Morgan fingerprint density at radius 2 is 1.57 bits per heavy atom. The molecule has 1 fully saturated rings. The number of likely N-dealkylation sites (N-methyl/N-ethyl adjacent to an activating group) is 1. The molecule has 2 aromatic carbocycles. The Balaban J connectivity index is 2.01. The van der Waals surface area contributed by atoms with Gasteiger partial charge in [0.1, 0.15) is 29.9 Å². The molecule has 6 atom stereocenters. The first-order valence-corrected chi connectivity index (χ1v) is 21.1. The van der Waals surface area contributed by atoms with Crippen LogP contribution in [0.25, 0.3) is 0 Å². The zero-order valence-electron chi connectivity index (χ0n) is 34.8. The third-order valence-electron chi connectivity index (χ3n) is 10.5. The number of carbonyl (C=O) groups is 7. The molecular weight excluding hydrogens is 801 g/mol. The van der Waals surface area contributed by atoms with Gasteiger partial charge in [-0.1, -0.05) is 34.1 Å². The number of anilines is 1. The molecule has 60 heavy (non-hydrogen) atoms. The standard InChI is InChI=1S/C40H58N8O11S/c1-7-24(4)35(39(54)47-18-8-9-27(47)20-33(42)49)46(5)38(53)30(19-23(2)3)45-37(52)32(22-41)48(31(40(55)56)21-34(43)50)60(57,58)29-16-12-26(13-17-29)44-36(51)25-10-14-28(59-6)15-11-25/h10-17,23-24,27,30-32,35H,7-9,18-22,41H2,1-6H3,(H2,42,49)(H2,43,50)(H,44,51)(H,45,52)(H,55,56)/t24-,27-,30-,31+,32-,35-/m0/s1. The van der Waals surface area contributed by atoms with Gasteiger partial charge >= 0.3 is 5.97 Å². The Morgan fingerprint density at radius 1 is 0.950 bits per heavy atom. The minimum Gasteiger partial charge on any atom is -0.497 e. The van der Waals surface area contributed by atoms with E-state index < -0.39 is 99.5 Å². The minimum atomic E-state index is -5.01. The average molecular weight is 859 g/mol. The number of likely N-dealkylation sites (tertiary alicyclic amines) is 1. The molecule has 9 N–H and O–H groups in total. The number of carboxylic acid groups (broad SMARTS) is 1. The molecule has 1 saturated heterocycles. The summed E-state index contributed by atoms with van der Waals surface area (Å²) in [5.74, 6) is -6.41. The van der Waals surface area contributed by atoms with Gasteiger partial charge in [0.2, 0.25) is 39.6 Å². The fourth-order valence-corrected chi connectivity index (χ4v) is 8.97. The van der Waals surface area contributed by atoms with Gasteiger partial charge in [0.15, 0.2) is 0 Å². The first-order chi connectivity index (χ1) is 28.2. The van der Waals surface area contributed by atoms with Crippen LogP contribution in [0.3, 0.4) is 0 Å². The second kappa shape index (κ2) is 21.6. The first kappa shape index (κ1) is 48.8. The number of nitrogens with zero attached hydrogens (tertiary/aromatic N) is 3. The summed E-state index contributed by atoms with van der Waals surface area (Å²) >= 11 is 0. The van der Waals surface area contributed by atoms with E-state index in [1.165, 1.54) is 43.3 Å². The maximum atomic E-state index is 14.4. The highest BCUT2D eigenvalue weighted by Gasteiger charge is 2.46. The van der Waals surface area contributed by atoms with Crippen molar-refractivity contribution in [3.8, 4) is 5.75 Å². The predicted octanol–water partition coefficient (Wildman–Crippen LogP) is 0.865. The number of sulfonamides is 1. The van der Waals surface area contributed by atoms with Gasteiger partial charge in [0.25, 0.3) is 5.91 Å². The second-order valence-electron chi connectivity index (χ2n) is 15.3. The molecule has 1 aliphatic rings. The van der Waals surface area contributed by atoms with Crippen LogP contribution in [-0.4, -0.2) is 126 Å². The van der Waals surface area contributed by atoms with Crippen LogP contribution in [-0.2, 0) is 38.8 Å². The quantitative estimate of drug-likeness (QED) is 0.0962. The summed E-state index contributed by atoms with van der Waals surface area (Å²) in [5.41, 5.74) is 17.3. The number of amides is 6. The second-order valence-corrected chi connectivity index (χ2v) is 17.1. The highest BCUT2D eigenvalue weighted by molar-refractivity contribution is 7.89. The molecule has 1 heterocycles. The molecule has 0 bridgehead atoms. The molecule has 0 radical (unpaired) electrons. The molecule has 0 spiro atoms. The van der Waals surface area contributed by atoms with Crippen LogP contribution >= 0.6 is 0 Å². The Bertz CT molecular complexity index is 1980. The van der Waals surface area contributed by atoms with E-state index >= 15 is 0 Å². The van der Waals surface area contributed by atoms with Crippen molar-refractivity contribution in [3.63, 3.8) is 0 Å². The van der Waals surface area contributed by atoms with Crippen molar-refractivity contribution < 1.29 is 51.8 Å². The molecule has 0 saturated carbocycles. The summed E-state index contributed by atoms with van der Waals surface area (Å²) in [6.45, 7) is 6.75. The van der Waals surface area contributed by atoms with E-state index in [1.807, 2.05) is 6.92 Å². The molecule has 3 rings (SSSR count). The number of hydrogen-bond acceptors (Lipinski definition) is 11. The van der Waals surface area contributed by atoms with Crippen molar-refractivity contribution in [2.75, 3.05) is 32.6 Å². The number of rotatable bonds is 22. The van der Waals surface area contributed by atoms with Crippen LogP contribution < -0.4 is 32.6 Å². The van der Waals surface area contributed by atoms with Gasteiger partial charge in [0.05, 0.1) is 18.4 Å². The number of nitrogens with two attached hydrogens (primary N) is 3. The fraction of sp³-hybridized carbons (Fsp3) is 0.525. The van der Waals surface area contributed by atoms with Crippen molar-refractivity contribution >= 4 is 57.1 Å². The fourth-order valence-electron chi connectivity index (χ4n) is 7.23. The van der Waals surface area contributed by atoms with Gasteiger partial charge < -0.3 is 47.5 Å².